The van der Waals surface area contributed by atoms with Gasteiger partial charge in [0.2, 0.25) is 0 Å². The molecule has 0 aliphatic rings. The molecule has 48 heavy (non-hydrogen) atoms. The molecule has 0 spiro atoms. The quantitative estimate of drug-likeness (QED) is 0.0776. The minimum absolute atomic E-state index is 0. The highest BCUT2D eigenvalue weighted by molar-refractivity contribution is 7.95. The Labute approximate surface area is 336 Å². The van der Waals surface area contributed by atoms with Gasteiger partial charge in [0.15, 0.2) is 0 Å². The Morgan fingerprint density at radius 3 is 1.06 bits per heavy atom. The highest BCUT2D eigenvalue weighted by Crippen LogP contribution is 2.63. The van der Waals surface area contributed by atoms with E-state index >= 15 is 0 Å². The Hall–Kier alpha value is 0.197. The van der Waals surface area contributed by atoms with E-state index in [1.54, 1.807) is 24.6 Å². The summed E-state index contributed by atoms with van der Waals surface area (Å²) in [6.07, 6.45) is 13.1. The SMILES string of the molecule is CCC(C)C[P+](CCC(C)C)(CC(C)CC)CC(C)CC.C[Si](C)(C)CC[P+](c1ccccc1)(c1ccccc1)c1ccccc1.[I-].[I-]. The molecule has 3 rings (SSSR count). The van der Waals surface area contributed by atoms with Crippen LogP contribution >= 0.6 is 14.5 Å². The Morgan fingerprint density at radius 2 is 0.812 bits per heavy atom. The van der Waals surface area contributed by atoms with Crippen LogP contribution in [0.15, 0.2) is 91.0 Å². The molecule has 0 N–H and O–H groups in total. The van der Waals surface area contributed by atoms with Crippen LogP contribution in [0.1, 0.15) is 81.1 Å². The molecule has 0 aliphatic heterocycles. The van der Waals surface area contributed by atoms with Crippen LogP contribution in [0.2, 0.25) is 25.7 Å². The van der Waals surface area contributed by atoms with E-state index in [4.69, 9.17) is 0 Å². The van der Waals surface area contributed by atoms with Crippen LogP contribution in [-0.4, -0.2) is 38.9 Å². The first-order valence-corrected chi connectivity index (χ1v) is 26.9. The third-order valence-electron chi connectivity index (χ3n) is 10.2. The summed E-state index contributed by atoms with van der Waals surface area (Å²) in [4.78, 5) is 0. The van der Waals surface area contributed by atoms with Crippen molar-refractivity contribution in [3.05, 3.63) is 91.0 Å². The molecule has 3 aromatic rings. The summed E-state index contributed by atoms with van der Waals surface area (Å²) in [6.45, 7) is 26.9. The average Bonchev–Trinajstić information content (AvgIpc) is 3.05. The molecule has 0 bridgehead atoms. The summed E-state index contributed by atoms with van der Waals surface area (Å²) >= 11 is 0. The maximum absolute atomic E-state index is 2.50. The van der Waals surface area contributed by atoms with Crippen LogP contribution in [0, 0.1) is 23.7 Å². The predicted molar refractivity (Wildman–Crippen MR) is 222 cm³/mol. The Morgan fingerprint density at radius 1 is 0.500 bits per heavy atom. The minimum Gasteiger partial charge on any atom is -1.00 e. The summed E-state index contributed by atoms with van der Waals surface area (Å²) in [5, 5.41) is 4.52. The van der Waals surface area contributed by atoms with Crippen LogP contribution in [-0.2, 0) is 0 Å². The van der Waals surface area contributed by atoms with E-state index in [2.05, 4.69) is 166 Å². The van der Waals surface area contributed by atoms with Gasteiger partial charge in [-0.05, 0) is 72.5 Å². The van der Waals surface area contributed by atoms with E-state index in [1.165, 1.54) is 53.8 Å². The van der Waals surface area contributed by atoms with Crippen molar-refractivity contribution in [2.45, 2.75) is 107 Å². The van der Waals surface area contributed by atoms with Gasteiger partial charge < -0.3 is 48.0 Å². The van der Waals surface area contributed by atoms with Gasteiger partial charge in [-0.25, -0.2) is 0 Å². The van der Waals surface area contributed by atoms with Crippen molar-refractivity contribution >= 4 is 38.5 Å². The number of halogens is 2. The zero-order valence-corrected chi connectivity index (χ0v) is 39.8. The van der Waals surface area contributed by atoms with Crippen molar-refractivity contribution in [3.8, 4) is 0 Å². The zero-order valence-electron chi connectivity index (χ0n) is 32.7. The van der Waals surface area contributed by atoms with Crippen LogP contribution in [0.3, 0.4) is 0 Å². The Kier molecular flexibility index (Phi) is 24.5. The molecule has 272 valence electrons. The molecule has 0 saturated carbocycles. The summed E-state index contributed by atoms with van der Waals surface area (Å²) in [5.41, 5.74) is 0. The van der Waals surface area contributed by atoms with E-state index in [0.717, 1.165) is 23.7 Å². The monoisotopic (exact) mass is 932 g/mol. The molecule has 0 aromatic heterocycles. The van der Waals surface area contributed by atoms with Gasteiger partial charge in [0, 0.05) is 15.3 Å². The Bertz CT molecular complexity index is 1070. The molecule has 0 heterocycles. The van der Waals surface area contributed by atoms with Gasteiger partial charge in [0.05, 0.1) is 30.8 Å². The maximum Gasteiger partial charge on any atom is 0.111 e. The fourth-order valence-corrected chi connectivity index (χ4v) is 21.3. The largest absolute Gasteiger partial charge is 1.00 e. The lowest BCUT2D eigenvalue weighted by Gasteiger charge is -2.34. The highest BCUT2D eigenvalue weighted by atomic mass is 127. The average molecular weight is 933 g/mol. The second kappa shape index (κ2) is 24.4. The van der Waals surface area contributed by atoms with Crippen LogP contribution in [0.25, 0.3) is 0 Å². The lowest BCUT2D eigenvalue weighted by Crippen LogP contribution is -3.00. The topological polar surface area (TPSA) is 0 Å². The number of benzene rings is 3. The predicted octanol–water partition coefficient (Wildman–Crippen LogP) is 6.52. The second-order valence-electron chi connectivity index (χ2n) is 16.2. The molecule has 0 aliphatic carbocycles. The van der Waals surface area contributed by atoms with Gasteiger partial charge in [-0.2, -0.15) is 0 Å². The summed E-state index contributed by atoms with van der Waals surface area (Å²) in [6, 6.07) is 35.0. The third kappa shape index (κ3) is 16.3. The van der Waals surface area contributed by atoms with Crippen molar-refractivity contribution < 1.29 is 48.0 Å². The van der Waals surface area contributed by atoms with Crippen LogP contribution in [0.5, 0.6) is 0 Å². The number of hydrogen-bond acceptors (Lipinski definition) is 0. The van der Waals surface area contributed by atoms with Crippen molar-refractivity contribution in [1.29, 1.82) is 0 Å². The fraction of sp³-hybridized carbons (Fsp3) is 0.581. The zero-order chi connectivity index (χ0) is 34.2. The third-order valence-corrected chi connectivity index (χ3v) is 22.2. The molecule has 0 radical (unpaired) electrons. The normalized spacial score (nSPS) is 14.8. The maximum atomic E-state index is 2.50. The van der Waals surface area contributed by atoms with Crippen molar-refractivity contribution in [1.82, 2.24) is 0 Å². The molecule has 0 saturated heterocycles. The first-order valence-electron chi connectivity index (χ1n) is 18.7. The molecular weight excluding hydrogens is 860 g/mol. The summed E-state index contributed by atoms with van der Waals surface area (Å²) in [7, 11) is -3.52. The van der Waals surface area contributed by atoms with E-state index in [9.17, 15) is 0 Å². The molecule has 3 aromatic carbocycles. The van der Waals surface area contributed by atoms with E-state index in [0.29, 0.717) is 0 Å². The van der Waals surface area contributed by atoms with Gasteiger partial charge in [0.25, 0.3) is 0 Å². The lowest BCUT2D eigenvalue weighted by molar-refractivity contribution is -0.001000. The van der Waals surface area contributed by atoms with Crippen molar-refractivity contribution in [3.63, 3.8) is 0 Å². The van der Waals surface area contributed by atoms with Crippen LogP contribution < -0.4 is 63.9 Å². The first-order chi connectivity index (χ1) is 21.8. The van der Waals surface area contributed by atoms with Crippen molar-refractivity contribution in [2.75, 3.05) is 30.8 Å². The molecular formula is C43H72I2P2Si. The van der Waals surface area contributed by atoms with Gasteiger partial charge in [-0.3, -0.25) is 0 Å². The summed E-state index contributed by atoms with van der Waals surface area (Å²) < 4.78 is 0. The Balaban J connectivity index is 0.000000900. The minimum atomic E-state index is -1.61. The van der Waals surface area contributed by atoms with Gasteiger partial charge in [0.1, 0.15) is 23.2 Å². The molecule has 0 nitrogen and oxygen atoms in total. The molecule has 5 heteroatoms. The summed E-state index contributed by atoms with van der Waals surface area (Å²) in [5.74, 6) is 3.66. The van der Waals surface area contributed by atoms with Gasteiger partial charge in [-0.1, -0.05) is 149 Å². The first kappa shape index (κ1) is 48.2. The van der Waals surface area contributed by atoms with E-state index in [-0.39, 0.29) is 48.0 Å². The molecule has 3 unspecified atom stereocenters. The van der Waals surface area contributed by atoms with Crippen molar-refractivity contribution in [2.24, 2.45) is 23.7 Å². The number of hydrogen-bond donors (Lipinski definition) is 0. The highest BCUT2D eigenvalue weighted by Gasteiger charge is 2.45. The standard InChI is InChI=1S/C23H28PSi.C20H44P.2HI/c1-25(2,3)20-19-24(21-13-7-4-8-14-21,22-15-9-5-10-16-22)23-17-11-6-12-18-23;1-9-18(6)14-21(13-12-17(4)5,15-19(7)10-2)16-20(8)11-3;;/h4-18H,19-20H2,1-3H3;17-20H,9-16H2,1-8H3;2*1H/q2*+1;;/p-2. The lowest BCUT2D eigenvalue weighted by atomic mass is 10.1. The molecule has 0 amide bonds. The van der Waals surface area contributed by atoms with E-state index < -0.39 is 22.6 Å². The van der Waals surface area contributed by atoms with Gasteiger partial charge >= 0.3 is 0 Å². The molecule has 0 fully saturated rings. The van der Waals surface area contributed by atoms with Gasteiger partial charge in [-0.15, -0.1) is 0 Å². The molecule has 3 atom stereocenters. The fourth-order valence-electron chi connectivity index (χ4n) is 6.79. The smallest absolute Gasteiger partial charge is 0.111 e. The van der Waals surface area contributed by atoms with E-state index in [1.807, 2.05) is 0 Å². The number of rotatable bonds is 18. The second-order valence-corrected chi connectivity index (χ2v) is 29.6. The van der Waals surface area contributed by atoms with Crippen LogP contribution in [0.4, 0.5) is 0 Å².